The van der Waals surface area contributed by atoms with Gasteiger partial charge in [0.25, 0.3) is 0 Å². The Morgan fingerprint density at radius 2 is 1.35 bits per heavy atom. The molecule has 0 N–H and O–H groups in total. The summed E-state index contributed by atoms with van der Waals surface area (Å²) in [6.07, 6.45) is 19.4. The lowest BCUT2D eigenvalue weighted by Crippen LogP contribution is -2.41. The summed E-state index contributed by atoms with van der Waals surface area (Å²) in [7, 11) is 0. The number of unbranched alkanes of at least 4 members (excludes halogenated alkanes) is 8. The number of nitrogens with zero attached hydrogens (tertiary/aromatic N) is 1. The van der Waals surface area contributed by atoms with Crippen molar-refractivity contribution >= 4 is 5.97 Å². The van der Waals surface area contributed by atoms with E-state index < -0.39 is 5.41 Å². The van der Waals surface area contributed by atoms with E-state index in [1.165, 1.54) is 63.4 Å². The van der Waals surface area contributed by atoms with Crippen molar-refractivity contribution in [2.24, 2.45) is 0 Å². The number of carbonyl (C=O) groups excluding carboxylic acids is 1. The summed E-state index contributed by atoms with van der Waals surface area (Å²) >= 11 is 0. The standard InChI is InChI=1S/C34H47NO2/c1-3-5-7-8-9-10-13-17-29-20-23-32(30(26-29)27-35)37-33(36)34(24-14-11-15-25-34)31-21-18-28(19-22-31)16-12-6-4-2/h18-23,26H,3-17,24-25H2,1-2H3. The van der Waals surface area contributed by atoms with Crippen LogP contribution in [0.5, 0.6) is 5.75 Å². The van der Waals surface area contributed by atoms with E-state index in [9.17, 15) is 10.1 Å². The van der Waals surface area contributed by atoms with E-state index in [2.05, 4.69) is 44.2 Å². The predicted octanol–water partition coefficient (Wildman–Crippen LogP) is 9.39. The van der Waals surface area contributed by atoms with Crippen LogP contribution in [0, 0.1) is 11.3 Å². The molecule has 1 aliphatic rings. The van der Waals surface area contributed by atoms with Crippen LogP contribution in [0.15, 0.2) is 42.5 Å². The lowest BCUT2D eigenvalue weighted by Gasteiger charge is -2.35. The lowest BCUT2D eigenvalue weighted by molar-refractivity contribution is -0.142. The van der Waals surface area contributed by atoms with E-state index in [4.69, 9.17) is 4.74 Å². The molecule has 0 atom stereocenters. The van der Waals surface area contributed by atoms with Crippen LogP contribution in [0.3, 0.4) is 0 Å². The highest BCUT2D eigenvalue weighted by molar-refractivity contribution is 5.85. The monoisotopic (exact) mass is 501 g/mol. The fraction of sp³-hybridized carbons (Fsp3) is 0.588. The van der Waals surface area contributed by atoms with Gasteiger partial charge < -0.3 is 4.74 Å². The van der Waals surface area contributed by atoms with Gasteiger partial charge in [0.15, 0.2) is 0 Å². The van der Waals surface area contributed by atoms with Gasteiger partial charge in [-0.05, 0) is 67.3 Å². The van der Waals surface area contributed by atoms with Gasteiger partial charge in [-0.3, -0.25) is 4.79 Å². The molecule has 0 heterocycles. The minimum atomic E-state index is -0.622. The fourth-order valence-corrected chi connectivity index (χ4v) is 5.73. The van der Waals surface area contributed by atoms with Crippen LogP contribution in [0.2, 0.25) is 0 Å². The van der Waals surface area contributed by atoms with Gasteiger partial charge in [-0.25, -0.2) is 0 Å². The van der Waals surface area contributed by atoms with Crippen molar-refractivity contribution in [2.45, 2.75) is 128 Å². The summed E-state index contributed by atoms with van der Waals surface area (Å²) in [5.74, 6) is 0.194. The zero-order valence-corrected chi connectivity index (χ0v) is 23.3. The molecule has 0 unspecified atom stereocenters. The smallest absolute Gasteiger partial charge is 0.321 e. The second kappa shape index (κ2) is 15.6. The summed E-state index contributed by atoms with van der Waals surface area (Å²) in [6.45, 7) is 4.47. The third kappa shape index (κ3) is 8.46. The second-order valence-corrected chi connectivity index (χ2v) is 11.0. The molecule has 1 fully saturated rings. The first-order valence-electron chi connectivity index (χ1n) is 15.0. The quantitative estimate of drug-likeness (QED) is 0.139. The Bertz CT molecular complexity index is 995. The molecule has 2 aromatic rings. The molecule has 1 saturated carbocycles. The average Bonchev–Trinajstić information content (AvgIpc) is 2.94. The molecule has 0 radical (unpaired) electrons. The summed E-state index contributed by atoms with van der Waals surface area (Å²) in [4.78, 5) is 13.7. The van der Waals surface area contributed by atoms with Crippen molar-refractivity contribution < 1.29 is 9.53 Å². The van der Waals surface area contributed by atoms with Crippen molar-refractivity contribution in [1.82, 2.24) is 0 Å². The Kier molecular flexibility index (Phi) is 12.2. The number of nitriles is 1. The van der Waals surface area contributed by atoms with Crippen LogP contribution in [-0.2, 0) is 23.1 Å². The molecule has 0 saturated heterocycles. The number of benzene rings is 2. The van der Waals surface area contributed by atoms with Gasteiger partial charge in [0.2, 0.25) is 0 Å². The van der Waals surface area contributed by atoms with E-state index in [0.29, 0.717) is 11.3 Å². The molecule has 0 aliphatic heterocycles. The van der Waals surface area contributed by atoms with Gasteiger partial charge in [0, 0.05) is 0 Å². The van der Waals surface area contributed by atoms with Crippen molar-refractivity contribution in [1.29, 1.82) is 5.26 Å². The molecular weight excluding hydrogens is 454 g/mol. The van der Waals surface area contributed by atoms with Crippen LogP contribution in [0.4, 0.5) is 0 Å². The van der Waals surface area contributed by atoms with E-state index in [-0.39, 0.29) is 5.97 Å². The predicted molar refractivity (Wildman–Crippen MR) is 153 cm³/mol. The van der Waals surface area contributed by atoms with Gasteiger partial charge in [0.05, 0.1) is 11.0 Å². The average molecular weight is 502 g/mol. The van der Waals surface area contributed by atoms with Gasteiger partial charge in [-0.1, -0.05) is 115 Å². The number of ether oxygens (including phenoxy) is 1. The fourth-order valence-electron chi connectivity index (χ4n) is 5.73. The molecule has 3 rings (SSSR count). The molecule has 200 valence electrons. The molecule has 2 aromatic carbocycles. The number of carbonyl (C=O) groups is 1. The van der Waals surface area contributed by atoms with Crippen LogP contribution in [-0.4, -0.2) is 5.97 Å². The summed E-state index contributed by atoms with van der Waals surface area (Å²) in [5.41, 5.74) is 3.39. The minimum absolute atomic E-state index is 0.206. The molecule has 0 bridgehead atoms. The van der Waals surface area contributed by atoms with Gasteiger partial charge in [0.1, 0.15) is 11.8 Å². The van der Waals surface area contributed by atoms with Crippen molar-refractivity contribution in [3.63, 3.8) is 0 Å². The molecule has 0 aromatic heterocycles. The normalized spacial score (nSPS) is 14.7. The first kappa shape index (κ1) is 29.0. The number of rotatable bonds is 15. The Morgan fingerprint density at radius 3 is 2.03 bits per heavy atom. The van der Waals surface area contributed by atoms with Crippen LogP contribution in [0.25, 0.3) is 0 Å². The number of aryl methyl sites for hydroxylation is 2. The first-order valence-corrected chi connectivity index (χ1v) is 15.0. The van der Waals surface area contributed by atoms with Gasteiger partial charge in [-0.2, -0.15) is 5.26 Å². The Morgan fingerprint density at radius 1 is 0.784 bits per heavy atom. The Labute approximate surface area is 225 Å². The van der Waals surface area contributed by atoms with E-state index in [1.54, 1.807) is 0 Å². The van der Waals surface area contributed by atoms with Crippen LogP contribution < -0.4 is 4.74 Å². The maximum atomic E-state index is 13.7. The van der Waals surface area contributed by atoms with E-state index in [0.717, 1.165) is 62.5 Å². The highest BCUT2D eigenvalue weighted by Gasteiger charge is 2.43. The third-order valence-corrected chi connectivity index (χ3v) is 8.11. The zero-order chi connectivity index (χ0) is 26.3. The molecule has 1 aliphatic carbocycles. The maximum Gasteiger partial charge on any atom is 0.321 e. The van der Waals surface area contributed by atoms with Crippen molar-refractivity contribution in [2.75, 3.05) is 0 Å². The van der Waals surface area contributed by atoms with Gasteiger partial charge in [-0.15, -0.1) is 0 Å². The van der Waals surface area contributed by atoms with Crippen LogP contribution >= 0.6 is 0 Å². The third-order valence-electron chi connectivity index (χ3n) is 8.11. The van der Waals surface area contributed by atoms with Crippen LogP contribution in [0.1, 0.15) is 132 Å². The maximum absolute atomic E-state index is 13.7. The Hall–Kier alpha value is -2.60. The van der Waals surface area contributed by atoms with Crippen molar-refractivity contribution in [3.05, 3.63) is 64.7 Å². The minimum Gasteiger partial charge on any atom is -0.424 e. The molecule has 3 nitrogen and oxygen atoms in total. The van der Waals surface area contributed by atoms with Gasteiger partial charge >= 0.3 is 5.97 Å². The zero-order valence-electron chi connectivity index (χ0n) is 23.3. The number of esters is 1. The SMILES string of the molecule is CCCCCCCCCc1ccc(OC(=O)C2(c3ccc(CCCCC)cc3)CCCCC2)c(C#N)c1. The topological polar surface area (TPSA) is 50.1 Å². The summed E-state index contributed by atoms with van der Waals surface area (Å²) in [5, 5.41) is 9.82. The second-order valence-electron chi connectivity index (χ2n) is 11.0. The summed E-state index contributed by atoms with van der Waals surface area (Å²) < 4.78 is 6.02. The number of hydrogen-bond donors (Lipinski definition) is 0. The van der Waals surface area contributed by atoms with E-state index in [1.807, 2.05) is 18.2 Å². The highest BCUT2D eigenvalue weighted by Crippen LogP contribution is 2.41. The van der Waals surface area contributed by atoms with E-state index >= 15 is 0 Å². The molecule has 37 heavy (non-hydrogen) atoms. The molecular formula is C34H47NO2. The highest BCUT2D eigenvalue weighted by atomic mass is 16.5. The molecule has 3 heteroatoms. The van der Waals surface area contributed by atoms with Crippen molar-refractivity contribution in [3.8, 4) is 11.8 Å². The number of hydrogen-bond acceptors (Lipinski definition) is 3. The summed E-state index contributed by atoms with van der Waals surface area (Å²) in [6, 6.07) is 16.7. The lowest BCUT2D eigenvalue weighted by atomic mass is 9.69. The largest absolute Gasteiger partial charge is 0.424 e. The Balaban J connectivity index is 1.66. The first-order chi connectivity index (χ1) is 18.1. The molecule has 0 amide bonds. The molecule has 0 spiro atoms.